The van der Waals surface area contributed by atoms with Gasteiger partial charge in [0.05, 0.1) is 18.7 Å². The quantitative estimate of drug-likeness (QED) is 0.766. The summed E-state index contributed by atoms with van der Waals surface area (Å²) in [6.45, 7) is 1.77. The fourth-order valence-electron chi connectivity index (χ4n) is 0.750. The van der Waals surface area contributed by atoms with E-state index in [0.717, 1.165) is 11.5 Å². The fraction of sp³-hybridized carbons (Fsp3) is 0.429. The van der Waals surface area contributed by atoms with Gasteiger partial charge in [0.15, 0.2) is 0 Å². The minimum absolute atomic E-state index is 0.139. The van der Waals surface area contributed by atoms with E-state index < -0.39 is 0 Å². The average molecular weight is 196 g/mol. The molecule has 1 N–H and O–H groups in total. The first-order valence-electron chi connectivity index (χ1n) is 3.69. The zero-order chi connectivity index (χ0) is 9.68. The van der Waals surface area contributed by atoms with Crippen LogP contribution in [0.25, 0.3) is 0 Å². The Bertz CT molecular complexity index is 316. The zero-order valence-electron chi connectivity index (χ0n) is 7.02. The number of nitrogens with zero attached hydrogens (tertiary/aromatic N) is 3. The molecule has 1 rings (SSSR count). The maximum absolute atomic E-state index is 11.3. The van der Waals surface area contributed by atoms with E-state index >= 15 is 0 Å². The summed E-state index contributed by atoms with van der Waals surface area (Å²) in [6, 6.07) is 1.84. The molecule has 1 aromatic rings. The summed E-state index contributed by atoms with van der Waals surface area (Å²) >= 11 is 1.04. The minimum atomic E-state index is -0.224. The molecule has 1 unspecified atom stereocenters. The molecule has 0 spiro atoms. The van der Waals surface area contributed by atoms with Crippen LogP contribution in [0.5, 0.6) is 0 Å². The van der Waals surface area contributed by atoms with Crippen LogP contribution in [0, 0.1) is 11.3 Å². The molecular formula is C7H8N4OS. The topological polar surface area (TPSA) is 78.7 Å². The Hall–Kier alpha value is -1.48. The van der Waals surface area contributed by atoms with E-state index in [1.165, 1.54) is 6.20 Å². The first-order valence-corrected chi connectivity index (χ1v) is 4.46. The van der Waals surface area contributed by atoms with E-state index in [-0.39, 0.29) is 11.9 Å². The summed E-state index contributed by atoms with van der Waals surface area (Å²) in [5, 5.41) is 14.5. The first-order chi connectivity index (χ1) is 6.24. The van der Waals surface area contributed by atoms with Gasteiger partial charge in [0.1, 0.15) is 4.88 Å². The number of nitriles is 1. The van der Waals surface area contributed by atoms with Crippen molar-refractivity contribution in [3.63, 3.8) is 0 Å². The Morgan fingerprint density at radius 2 is 2.69 bits per heavy atom. The van der Waals surface area contributed by atoms with Crippen LogP contribution in [0.2, 0.25) is 0 Å². The van der Waals surface area contributed by atoms with Crippen molar-refractivity contribution >= 4 is 17.4 Å². The summed E-state index contributed by atoms with van der Waals surface area (Å²) in [4.78, 5) is 11.8. The Morgan fingerprint density at radius 1 is 1.92 bits per heavy atom. The summed E-state index contributed by atoms with van der Waals surface area (Å²) in [5.74, 6) is -0.224. The van der Waals surface area contributed by atoms with E-state index in [0.29, 0.717) is 11.3 Å². The minimum Gasteiger partial charge on any atom is -0.348 e. The largest absolute Gasteiger partial charge is 0.348 e. The van der Waals surface area contributed by atoms with Crippen molar-refractivity contribution in [1.82, 2.24) is 14.9 Å². The molecule has 1 aromatic heterocycles. The van der Waals surface area contributed by atoms with E-state index in [1.807, 2.05) is 6.07 Å². The Kier molecular flexibility index (Phi) is 3.34. The van der Waals surface area contributed by atoms with Crippen molar-refractivity contribution < 1.29 is 4.79 Å². The molecule has 0 bridgehead atoms. The lowest BCUT2D eigenvalue weighted by atomic mass is 10.2. The third kappa shape index (κ3) is 2.80. The van der Waals surface area contributed by atoms with Gasteiger partial charge in [0.2, 0.25) is 0 Å². The van der Waals surface area contributed by atoms with Gasteiger partial charge in [-0.25, -0.2) is 0 Å². The van der Waals surface area contributed by atoms with Crippen molar-refractivity contribution in [2.75, 3.05) is 0 Å². The lowest BCUT2D eigenvalue weighted by Gasteiger charge is -2.07. The third-order valence-corrected chi connectivity index (χ3v) is 2.02. The van der Waals surface area contributed by atoms with Crippen LogP contribution < -0.4 is 5.32 Å². The molecule has 0 aromatic carbocycles. The number of carbonyl (C=O) groups is 1. The highest BCUT2D eigenvalue weighted by molar-refractivity contribution is 7.07. The van der Waals surface area contributed by atoms with Crippen molar-refractivity contribution in [2.45, 2.75) is 19.4 Å². The number of carbonyl (C=O) groups excluding carboxylic acids is 1. The summed E-state index contributed by atoms with van der Waals surface area (Å²) < 4.78 is 3.56. The first kappa shape index (κ1) is 9.61. The second-order valence-corrected chi connectivity index (χ2v) is 3.30. The van der Waals surface area contributed by atoms with E-state index in [4.69, 9.17) is 5.26 Å². The number of hydrogen-bond acceptors (Lipinski definition) is 5. The molecule has 0 aliphatic rings. The number of aromatic nitrogens is 2. The number of amides is 1. The third-order valence-electron chi connectivity index (χ3n) is 1.36. The van der Waals surface area contributed by atoms with Crippen LogP contribution in [-0.4, -0.2) is 21.5 Å². The van der Waals surface area contributed by atoms with E-state index in [9.17, 15) is 4.79 Å². The van der Waals surface area contributed by atoms with E-state index in [2.05, 4.69) is 14.9 Å². The Labute approximate surface area is 79.5 Å². The number of hydrogen-bond donors (Lipinski definition) is 1. The van der Waals surface area contributed by atoms with Crippen LogP contribution in [0.1, 0.15) is 23.0 Å². The average Bonchev–Trinajstić information content (AvgIpc) is 2.55. The van der Waals surface area contributed by atoms with Gasteiger partial charge in [-0.15, -0.1) is 5.10 Å². The molecule has 13 heavy (non-hydrogen) atoms. The predicted octanol–water partition coefficient (Wildman–Crippen LogP) is 0.570. The summed E-state index contributed by atoms with van der Waals surface area (Å²) in [7, 11) is 0. The van der Waals surface area contributed by atoms with Crippen LogP contribution in [0.15, 0.2) is 6.20 Å². The Morgan fingerprint density at radius 3 is 3.23 bits per heavy atom. The zero-order valence-corrected chi connectivity index (χ0v) is 7.84. The Balaban J connectivity index is 2.48. The highest BCUT2D eigenvalue weighted by Gasteiger charge is 2.10. The maximum Gasteiger partial charge on any atom is 0.264 e. The fourth-order valence-corrected chi connectivity index (χ4v) is 1.17. The predicted molar refractivity (Wildman–Crippen MR) is 47.1 cm³/mol. The van der Waals surface area contributed by atoms with Crippen molar-refractivity contribution in [1.29, 1.82) is 5.26 Å². The lowest BCUT2D eigenvalue weighted by Crippen LogP contribution is -2.31. The molecule has 5 nitrogen and oxygen atoms in total. The number of rotatable bonds is 3. The van der Waals surface area contributed by atoms with Gasteiger partial charge < -0.3 is 5.32 Å². The van der Waals surface area contributed by atoms with E-state index in [1.54, 1.807) is 6.92 Å². The molecule has 0 saturated heterocycles. The van der Waals surface area contributed by atoms with Gasteiger partial charge in [-0.05, 0) is 18.5 Å². The highest BCUT2D eigenvalue weighted by atomic mass is 32.1. The summed E-state index contributed by atoms with van der Waals surface area (Å²) in [6.07, 6.45) is 1.71. The van der Waals surface area contributed by atoms with Crippen molar-refractivity contribution in [2.24, 2.45) is 0 Å². The van der Waals surface area contributed by atoms with Gasteiger partial charge in [0, 0.05) is 6.04 Å². The molecule has 0 fully saturated rings. The van der Waals surface area contributed by atoms with Crippen LogP contribution in [0.3, 0.4) is 0 Å². The molecule has 0 aliphatic heterocycles. The standard InChI is InChI=1S/C7H8N4OS/c1-5(2-3-8)10-7(12)6-4-9-11-13-6/h4-5H,2H2,1H3,(H,10,12). The second kappa shape index (κ2) is 4.52. The normalized spacial score (nSPS) is 11.7. The highest BCUT2D eigenvalue weighted by Crippen LogP contribution is 2.02. The molecule has 1 amide bonds. The molecule has 0 saturated carbocycles. The summed E-state index contributed by atoms with van der Waals surface area (Å²) in [5.41, 5.74) is 0. The van der Waals surface area contributed by atoms with Gasteiger partial charge >= 0.3 is 0 Å². The lowest BCUT2D eigenvalue weighted by molar-refractivity contribution is 0.0944. The van der Waals surface area contributed by atoms with Gasteiger partial charge in [-0.2, -0.15) is 5.26 Å². The molecule has 68 valence electrons. The van der Waals surface area contributed by atoms with Gasteiger partial charge in [-0.3, -0.25) is 4.79 Å². The molecule has 6 heteroatoms. The second-order valence-electron chi connectivity index (χ2n) is 2.52. The molecule has 0 aliphatic carbocycles. The smallest absolute Gasteiger partial charge is 0.264 e. The van der Waals surface area contributed by atoms with Crippen LogP contribution >= 0.6 is 11.5 Å². The van der Waals surface area contributed by atoms with Crippen LogP contribution in [-0.2, 0) is 0 Å². The van der Waals surface area contributed by atoms with Gasteiger partial charge in [0.25, 0.3) is 5.91 Å². The molecule has 1 heterocycles. The SMILES string of the molecule is CC(CC#N)NC(=O)c1cnns1. The van der Waals surface area contributed by atoms with Crippen LogP contribution in [0.4, 0.5) is 0 Å². The van der Waals surface area contributed by atoms with Crippen molar-refractivity contribution in [3.05, 3.63) is 11.1 Å². The molecule has 1 atom stereocenters. The van der Waals surface area contributed by atoms with Gasteiger partial charge in [-0.1, -0.05) is 4.49 Å². The molecular weight excluding hydrogens is 188 g/mol. The van der Waals surface area contributed by atoms with Crippen molar-refractivity contribution in [3.8, 4) is 6.07 Å². The monoisotopic (exact) mass is 196 g/mol. The maximum atomic E-state index is 11.3. The molecule has 0 radical (unpaired) electrons. The number of nitrogens with one attached hydrogen (secondary N) is 1.